The van der Waals surface area contributed by atoms with Gasteiger partial charge < -0.3 is 4.74 Å². The summed E-state index contributed by atoms with van der Waals surface area (Å²) in [5.41, 5.74) is 1.66. The molecule has 20 heavy (non-hydrogen) atoms. The molecule has 0 heterocycles. The highest BCUT2D eigenvalue weighted by Crippen LogP contribution is 2.13. The number of allylic oxidation sites excluding steroid dienone is 1. The minimum absolute atomic E-state index is 0.371. The van der Waals surface area contributed by atoms with Crippen molar-refractivity contribution in [2.45, 2.75) is 39.0 Å². The first-order valence-corrected chi connectivity index (χ1v) is 7.12. The molecule has 106 valence electrons. The molecule has 2 heteroatoms. The van der Waals surface area contributed by atoms with Gasteiger partial charge in [-0.2, -0.15) is 0 Å². The molecule has 0 atom stereocenters. The fraction of sp³-hybridized carbons (Fsp3) is 0.389. The molecule has 0 aliphatic heterocycles. The van der Waals surface area contributed by atoms with E-state index in [9.17, 15) is 4.79 Å². The Morgan fingerprint density at radius 3 is 2.60 bits per heavy atom. The smallest absolute Gasteiger partial charge is 0.331 e. The van der Waals surface area contributed by atoms with E-state index < -0.39 is 0 Å². The van der Waals surface area contributed by atoms with E-state index in [1.54, 1.807) is 0 Å². The third kappa shape index (κ3) is 6.24. The van der Waals surface area contributed by atoms with Crippen LogP contribution in [0.4, 0.5) is 0 Å². The molecule has 0 aromatic heterocycles. The standard InChI is InChI=1S/C18H22O2/c1-3-4-5-6-7-9-14-17(15-18(19)20-2)16-12-10-8-11-13-16/h8,10-13,15H,3-7H2,1-2H3/b17-15+. The third-order valence-electron chi connectivity index (χ3n) is 2.93. The monoisotopic (exact) mass is 270 g/mol. The van der Waals surface area contributed by atoms with Crippen LogP contribution in [0.3, 0.4) is 0 Å². The molecule has 0 saturated heterocycles. The molecular formula is C18H22O2. The molecular weight excluding hydrogens is 248 g/mol. The quantitative estimate of drug-likeness (QED) is 0.335. The number of unbranched alkanes of at least 4 members (excludes halogenated alkanes) is 4. The lowest BCUT2D eigenvalue weighted by molar-refractivity contribution is -0.134. The van der Waals surface area contributed by atoms with Crippen molar-refractivity contribution in [1.82, 2.24) is 0 Å². The highest BCUT2D eigenvalue weighted by molar-refractivity contribution is 5.95. The molecule has 1 aromatic rings. The highest BCUT2D eigenvalue weighted by atomic mass is 16.5. The molecule has 0 bridgehead atoms. The second-order valence-electron chi connectivity index (χ2n) is 4.56. The van der Waals surface area contributed by atoms with Gasteiger partial charge in [0.25, 0.3) is 0 Å². The van der Waals surface area contributed by atoms with E-state index in [2.05, 4.69) is 23.5 Å². The van der Waals surface area contributed by atoms with Crippen LogP contribution in [-0.2, 0) is 9.53 Å². The zero-order valence-electron chi connectivity index (χ0n) is 12.3. The van der Waals surface area contributed by atoms with Crippen LogP contribution in [0, 0.1) is 11.8 Å². The summed E-state index contributed by atoms with van der Waals surface area (Å²) in [6, 6.07) is 9.70. The fourth-order valence-electron chi connectivity index (χ4n) is 1.78. The van der Waals surface area contributed by atoms with Gasteiger partial charge in [-0.25, -0.2) is 4.79 Å². The SMILES string of the molecule is CCCCCCC#C/C(=C\C(=O)OC)c1ccccc1. The minimum atomic E-state index is -0.371. The predicted molar refractivity (Wildman–Crippen MR) is 83.0 cm³/mol. The van der Waals surface area contributed by atoms with Gasteiger partial charge >= 0.3 is 5.97 Å². The van der Waals surface area contributed by atoms with E-state index in [0.29, 0.717) is 5.57 Å². The van der Waals surface area contributed by atoms with Crippen LogP contribution in [-0.4, -0.2) is 13.1 Å². The molecule has 0 amide bonds. The lowest BCUT2D eigenvalue weighted by Gasteiger charge is -2.00. The summed E-state index contributed by atoms with van der Waals surface area (Å²) >= 11 is 0. The van der Waals surface area contributed by atoms with Crippen LogP contribution >= 0.6 is 0 Å². The van der Waals surface area contributed by atoms with Crippen molar-refractivity contribution in [3.8, 4) is 11.8 Å². The van der Waals surface area contributed by atoms with Gasteiger partial charge in [0.05, 0.1) is 7.11 Å². The fourth-order valence-corrected chi connectivity index (χ4v) is 1.78. The maximum absolute atomic E-state index is 11.4. The van der Waals surface area contributed by atoms with Crippen LogP contribution in [0.2, 0.25) is 0 Å². The maximum atomic E-state index is 11.4. The van der Waals surface area contributed by atoms with E-state index in [0.717, 1.165) is 18.4 Å². The average Bonchev–Trinajstić information content (AvgIpc) is 2.50. The largest absolute Gasteiger partial charge is 0.466 e. The van der Waals surface area contributed by atoms with E-state index >= 15 is 0 Å². The number of benzene rings is 1. The molecule has 1 aromatic carbocycles. The molecule has 0 fully saturated rings. The maximum Gasteiger partial charge on any atom is 0.331 e. The van der Waals surface area contributed by atoms with Crippen molar-refractivity contribution < 1.29 is 9.53 Å². The first kappa shape index (κ1) is 16.0. The Labute approximate surface area is 121 Å². The summed E-state index contributed by atoms with van der Waals surface area (Å²) in [5.74, 6) is 5.86. The summed E-state index contributed by atoms with van der Waals surface area (Å²) in [4.78, 5) is 11.4. The summed E-state index contributed by atoms with van der Waals surface area (Å²) in [5, 5.41) is 0. The first-order valence-electron chi connectivity index (χ1n) is 7.12. The van der Waals surface area contributed by atoms with E-state index in [4.69, 9.17) is 0 Å². The van der Waals surface area contributed by atoms with Crippen molar-refractivity contribution in [3.05, 3.63) is 42.0 Å². The van der Waals surface area contributed by atoms with Crippen molar-refractivity contribution in [3.63, 3.8) is 0 Å². The van der Waals surface area contributed by atoms with Crippen molar-refractivity contribution in [2.24, 2.45) is 0 Å². The van der Waals surface area contributed by atoms with Crippen LogP contribution in [0.15, 0.2) is 36.4 Å². The summed E-state index contributed by atoms with van der Waals surface area (Å²) in [7, 11) is 1.37. The van der Waals surface area contributed by atoms with Gasteiger partial charge in [-0.3, -0.25) is 0 Å². The number of hydrogen-bond donors (Lipinski definition) is 0. The normalized spacial score (nSPS) is 10.6. The van der Waals surface area contributed by atoms with Crippen LogP contribution < -0.4 is 0 Å². The second kappa shape index (κ2) is 9.86. The van der Waals surface area contributed by atoms with Gasteiger partial charge in [0.15, 0.2) is 0 Å². The Bertz CT molecular complexity index is 489. The number of methoxy groups -OCH3 is 1. The van der Waals surface area contributed by atoms with Crippen LogP contribution in [0.25, 0.3) is 5.57 Å². The van der Waals surface area contributed by atoms with E-state index in [1.807, 2.05) is 30.3 Å². The predicted octanol–water partition coefficient (Wildman–Crippen LogP) is 4.22. The zero-order chi connectivity index (χ0) is 14.6. The Morgan fingerprint density at radius 1 is 1.20 bits per heavy atom. The molecule has 0 radical (unpaired) electrons. The number of rotatable bonds is 6. The topological polar surface area (TPSA) is 26.3 Å². The molecule has 0 spiro atoms. The number of ether oxygens (including phenoxy) is 1. The molecule has 0 saturated carbocycles. The molecule has 2 nitrogen and oxygen atoms in total. The molecule has 0 aliphatic carbocycles. The summed E-state index contributed by atoms with van der Waals surface area (Å²) in [6.45, 7) is 2.19. The van der Waals surface area contributed by atoms with Gasteiger partial charge in [-0.1, -0.05) is 68.4 Å². The van der Waals surface area contributed by atoms with Gasteiger partial charge in [-0.05, 0) is 12.0 Å². The number of carbonyl (C=O) groups is 1. The molecule has 0 unspecified atom stereocenters. The van der Waals surface area contributed by atoms with Gasteiger partial charge in [-0.15, -0.1) is 0 Å². The lowest BCUT2D eigenvalue weighted by Crippen LogP contribution is -1.96. The van der Waals surface area contributed by atoms with Crippen molar-refractivity contribution in [2.75, 3.05) is 7.11 Å². The minimum Gasteiger partial charge on any atom is -0.466 e. The molecule has 0 N–H and O–H groups in total. The Morgan fingerprint density at radius 2 is 1.95 bits per heavy atom. The van der Waals surface area contributed by atoms with Gasteiger partial charge in [0.1, 0.15) is 0 Å². The molecule has 1 rings (SSSR count). The Hall–Kier alpha value is -2.01. The molecule has 0 aliphatic rings. The first-order chi connectivity index (χ1) is 9.77. The summed E-state index contributed by atoms with van der Waals surface area (Å²) < 4.78 is 4.68. The number of esters is 1. The van der Waals surface area contributed by atoms with Crippen molar-refractivity contribution >= 4 is 11.5 Å². The number of hydrogen-bond acceptors (Lipinski definition) is 2. The second-order valence-corrected chi connectivity index (χ2v) is 4.56. The van der Waals surface area contributed by atoms with Gasteiger partial charge in [0.2, 0.25) is 0 Å². The van der Waals surface area contributed by atoms with Gasteiger partial charge in [0, 0.05) is 18.1 Å². The van der Waals surface area contributed by atoms with Crippen LogP contribution in [0.5, 0.6) is 0 Å². The van der Waals surface area contributed by atoms with E-state index in [1.165, 1.54) is 32.4 Å². The highest BCUT2D eigenvalue weighted by Gasteiger charge is 2.01. The Kier molecular flexibility index (Phi) is 7.91. The summed E-state index contributed by atoms with van der Waals surface area (Å²) in [6.07, 6.45) is 7.13. The van der Waals surface area contributed by atoms with Crippen LogP contribution in [0.1, 0.15) is 44.6 Å². The Balaban J connectivity index is 2.73. The third-order valence-corrected chi connectivity index (χ3v) is 2.93. The number of carbonyl (C=O) groups excluding carboxylic acids is 1. The zero-order valence-corrected chi connectivity index (χ0v) is 12.3. The lowest BCUT2D eigenvalue weighted by atomic mass is 10.1. The average molecular weight is 270 g/mol. The van der Waals surface area contributed by atoms with E-state index in [-0.39, 0.29) is 5.97 Å². The van der Waals surface area contributed by atoms with Crippen molar-refractivity contribution in [1.29, 1.82) is 0 Å².